The number of pyridine rings is 1. The van der Waals surface area contributed by atoms with Gasteiger partial charge in [0.15, 0.2) is 0 Å². The molecule has 19 heavy (non-hydrogen) atoms. The number of rotatable bonds is 3. The average Bonchev–Trinajstić information content (AvgIpc) is 2.23. The minimum absolute atomic E-state index is 0.146. The number of nitrogens with one attached hydrogen (secondary N) is 1. The smallest absolute Gasteiger partial charge is 0.407 e. The second-order valence-corrected chi connectivity index (χ2v) is 5.01. The van der Waals surface area contributed by atoms with Crippen molar-refractivity contribution in [1.82, 2.24) is 10.3 Å². The highest BCUT2D eigenvalue weighted by Crippen LogP contribution is 2.17. The van der Waals surface area contributed by atoms with Crippen molar-refractivity contribution in [1.29, 1.82) is 0 Å². The SMILES string of the molecule is CC(C)(C)OC(=O)NCC(N)c1c(F)cncc1F. The van der Waals surface area contributed by atoms with Gasteiger partial charge in [0.1, 0.15) is 17.2 Å². The lowest BCUT2D eigenvalue weighted by atomic mass is 10.1. The predicted octanol–water partition coefficient (Wildman–Crippen LogP) is 1.88. The van der Waals surface area contributed by atoms with Crippen molar-refractivity contribution in [2.45, 2.75) is 32.4 Å². The maximum atomic E-state index is 13.4. The Balaban J connectivity index is 2.61. The summed E-state index contributed by atoms with van der Waals surface area (Å²) in [5.41, 5.74) is 4.67. The normalized spacial score (nSPS) is 12.9. The molecule has 1 aromatic heterocycles. The van der Waals surface area contributed by atoms with E-state index in [0.717, 1.165) is 12.4 Å². The molecular weight excluding hydrogens is 256 g/mol. The Morgan fingerprint density at radius 1 is 1.42 bits per heavy atom. The van der Waals surface area contributed by atoms with Crippen LogP contribution in [-0.4, -0.2) is 23.2 Å². The summed E-state index contributed by atoms with van der Waals surface area (Å²) in [6.07, 6.45) is 1.04. The fourth-order valence-corrected chi connectivity index (χ4v) is 1.39. The summed E-state index contributed by atoms with van der Waals surface area (Å²) in [5, 5.41) is 2.35. The van der Waals surface area contributed by atoms with E-state index in [4.69, 9.17) is 10.5 Å². The molecule has 1 unspecified atom stereocenters. The van der Waals surface area contributed by atoms with Gasteiger partial charge in [-0.2, -0.15) is 0 Å². The van der Waals surface area contributed by atoms with Gasteiger partial charge in [0.25, 0.3) is 0 Å². The van der Waals surface area contributed by atoms with Crippen molar-refractivity contribution < 1.29 is 18.3 Å². The van der Waals surface area contributed by atoms with Crippen LogP contribution >= 0.6 is 0 Å². The summed E-state index contributed by atoms with van der Waals surface area (Å²) >= 11 is 0. The van der Waals surface area contributed by atoms with Gasteiger partial charge in [-0.05, 0) is 20.8 Å². The molecule has 0 aromatic carbocycles. The number of halogens is 2. The Morgan fingerprint density at radius 2 is 1.95 bits per heavy atom. The van der Waals surface area contributed by atoms with Crippen LogP contribution in [0.1, 0.15) is 32.4 Å². The molecule has 3 N–H and O–H groups in total. The monoisotopic (exact) mass is 273 g/mol. The zero-order valence-electron chi connectivity index (χ0n) is 11.0. The number of amides is 1. The van der Waals surface area contributed by atoms with Crippen LogP contribution < -0.4 is 11.1 Å². The molecule has 0 fully saturated rings. The van der Waals surface area contributed by atoms with Crippen molar-refractivity contribution in [2.24, 2.45) is 5.73 Å². The number of carbonyl (C=O) groups excluding carboxylic acids is 1. The number of ether oxygens (including phenoxy) is 1. The largest absolute Gasteiger partial charge is 0.444 e. The minimum Gasteiger partial charge on any atom is -0.444 e. The van der Waals surface area contributed by atoms with Crippen LogP contribution in [0.25, 0.3) is 0 Å². The second kappa shape index (κ2) is 5.92. The van der Waals surface area contributed by atoms with Crippen LogP contribution in [0.4, 0.5) is 13.6 Å². The van der Waals surface area contributed by atoms with Crippen LogP contribution in [0.2, 0.25) is 0 Å². The standard InChI is InChI=1S/C12H17F2N3O2/c1-12(2,3)19-11(18)17-6-9(15)10-7(13)4-16-5-8(10)14/h4-5,9H,6,15H2,1-3H3,(H,17,18). The van der Waals surface area contributed by atoms with E-state index in [1.54, 1.807) is 20.8 Å². The first-order valence-corrected chi connectivity index (χ1v) is 5.72. The molecule has 0 saturated heterocycles. The maximum Gasteiger partial charge on any atom is 0.407 e. The van der Waals surface area contributed by atoms with Crippen LogP contribution in [0.15, 0.2) is 12.4 Å². The zero-order chi connectivity index (χ0) is 14.6. The third-order valence-corrected chi connectivity index (χ3v) is 2.13. The fourth-order valence-electron chi connectivity index (χ4n) is 1.39. The molecule has 0 aliphatic carbocycles. The Labute approximate surface area is 110 Å². The number of carbonyl (C=O) groups is 1. The lowest BCUT2D eigenvalue weighted by Gasteiger charge is -2.21. The molecule has 0 spiro atoms. The molecule has 1 amide bonds. The van der Waals surface area contributed by atoms with E-state index in [-0.39, 0.29) is 12.1 Å². The van der Waals surface area contributed by atoms with Crippen molar-refractivity contribution in [3.63, 3.8) is 0 Å². The summed E-state index contributed by atoms with van der Waals surface area (Å²) in [6, 6.07) is -1.02. The van der Waals surface area contributed by atoms with E-state index in [0.29, 0.717) is 0 Å². The lowest BCUT2D eigenvalue weighted by molar-refractivity contribution is 0.0524. The lowest BCUT2D eigenvalue weighted by Crippen LogP contribution is -2.37. The maximum absolute atomic E-state index is 13.4. The molecule has 0 bridgehead atoms. The Morgan fingerprint density at radius 3 is 2.42 bits per heavy atom. The Bertz CT molecular complexity index is 441. The number of aromatic nitrogens is 1. The number of hydrogen-bond acceptors (Lipinski definition) is 4. The molecule has 7 heteroatoms. The number of nitrogens with two attached hydrogens (primary N) is 1. The summed E-state index contributed by atoms with van der Waals surface area (Å²) < 4.78 is 31.7. The molecule has 1 atom stereocenters. The minimum atomic E-state index is -1.02. The number of nitrogens with zero attached hydrogens (tertiary/aromatic N) is 1. The molecule has 1 aromatic rings. The predicted molar refractivity (Wildman–Crippen MR) is 65.3 cm³/mol. The molecule has 1 heterocycles. The van der Waals surface area contributed by atoms with Gasteiger partial charge < -0.3 is 15.8 Å². The first kappa shape index (κ1) is 15.3. The van der Waals surface area contributed by atoms with Crippen molar-refractivity contribution in [3.05, 3.63) is 29.6 Å². The topological polar surface area (TPSA) is 77.2 Å². The Hall–Kier alpha value is -1.76. The molecule has 0 aliphatic heterocycles. The van der Waals surface area contributed by atoms with Gasteiger partial charge in [0.05, 0.1) is 18.4 Å². The molecule has 0 radical (unpaired) electrons. The number of alkyl carbamates (subject to hydrolysis) is 1. The van der Waals surface area contributed by atoms with Crippen molar-refractivity contribution >= 4 is 6.09 Å². The van der Waals surface area contributed by atoms with E-state index in [2.05, 4.69) is 10.3 Å². The quantitative estimate of drug-likeness (QED) is 0.881. The molecule has 0 aliphatic rings. The van der Waals surface area contributed by atoms with Gasteiger partial charge in [-0.3, -0.25) is 4.98 Å². The van der Waals surface area contributed by atoms with Gasteiger partial charge in [-0.25, -0.2) is 13.6 Å². The molecular formula is C12H17F2N3O2. The average molecular weight is 273 g/mol. The van der Waals surface area contributed by atoms with E-state index in [9.17, 15) is 13.6 Å². The van der Waals surface area contributed by atoms with Gasteiger partial charge in [0, 0.05) is 12.1 Å². The van der Waals surface area contributed by atoms with Crippen molar-refractivity contribution in [2.75, 3.05) is 6.54 Å². The third kappa shape index (κ3) is 4.78. The number of hydrogen-bond donors (Lipinski definition) is 2. The van der Waals surface area contributed by atoms with E-state index < -0.39 is 29.4 Å². The highest BCUT2D eigenvalue weighted by molar-refractivity contribution is 5.67. The molecule has 5 nitrogen and oxygen atoms in total. The van der Waals surface area contributed by atoms with Crippen molar-refractivity contribution in [3.8, 4) is 0 Å². The van der Waals surface area contributed by atoms with Crippen LogP contribution in [0, 0.1) is 11.6 Å². The molecule has 106 valence electrons. The van der Waals surface area contributed by atoms with Gasteiger partial charge in [-0.15, -0.1) is 0 Å². The van der Waals surface area contributed by atoms with Gasteiger partial charge in [-0.1, -0.05) is 0 Å². The van der Waals surface area contributed by atoms with E-state index >= 15 is 0 Å². The van der Waals surface area contributed by atoms with E-state index in [1.807, 2.05) is 0 Å². The Kier molecular flexibility index (Phi) is 4.77. The third-order valence-electron chi connectivity index (χ3n) is 2.13. The van der Waals surface area contributed by atoms with Crippen LogP contribution in [-0.2, 0) is 4.74 Å². The highest BCUT2D eigenvalue weighted by atomic mass is 19.1. The second-order valence-electron chi connectivity index (χ2n) is 5.01. The highest BCUT2D eigenvalue weighted by Gasteiger charge is 2.20. The summed E-state index contributed by atoms with van der Waals surface area (Å²) in [6.45, 7) is 4.96. The molecule has 1 rings (SSSR count). The first-order chi connectivity index (χ1) is 8.70. The van der Waals surface area contributed by atoms with Gasteiger partial charge >= 0.3 is 6.09 Å². The van der Waals surface area contributed by atoms with Gasteiger partial charge in [0.2, 0.25) is 0 Å². The summed E-state index contributed by atoms with van der Waals surface area (Å²) in [5.74, 6) is -1.70. The molecule has 0 saturated carbocycles. The fraction of sp³-hybridized carbons (Fsp3) is 0.500. The van der Waals surface area contributed by atoms with Crippen LogP contribution in [0.5, 0.6) is 0 Å². The van der Waals surface area contributed by atoms with Crippen LogP contribution in [0.3, 0.4) is 0 Å². The first-order valence-electron chi connectivity index (χ1n) is 5.72. The summed E-state index contributed by atoms with van der Waals surface area (Å²) in [7, 11) is 0. The summed E-state index contributed by atoms with van der Waals surface area (Å²) in [4.78, 5) is 14.7. The van der Waals surface area contributed by atoms with E-state index in [1.165, 1.54) is 0 Å². The zero-order valence-corrected chi connectivity index (χ0v) is 11.0.